The molecule has 0 spiro atoms. The molecule has 22 heavy (non-hydrogen) atoms. The van der Waals surface area contributed by atoms with E-state index in [-0.39, 0.29) is 18.3 Å². The molecule has 2 rings (SSSR count). The molecule has 0 bridgehead atoms. The molecule has 1 heterocycles. The smallest absolute Gasteiger partial charge is 0.220 e. The number of carbonyl (C=O) groups is 1. The summed E-state index contributed by atoms with van der Waals surface area (Å²) in [5.74, 6) is 0.607. The highest BCUT2D eigenvalue weighted by atomic mass is 79.9. The Hall–Kier alpha value is -0.430. The Morgan fingerprint density at radius 2 is 1.91 bits per heavy atom. The molecule has 7 heteroatoms. The van der Waals surface area contributed by atoms with E-state index in [2.05, 4.69) is 26.6 Å². The van der Waals surface area contributed by atoms with Crippen LogP contribution >= 0.6 is 28.3 Å². The van der Waals surface area contributed by atoms with Crippen molar-refractivity contribution in [1.29, 1.82) is 0 Å². The maximum atomic E-state index is 12.1. The topological polar surface area (TPSA) is 58.2 Å². The molecule has 1 fully saturated rings. The quantitative estimate of drug-likeness (QED) is 0.759. The third kappa shape index (κ3) is 6.77. The van der Waals surface area contributed by atoms with E-state index >= 15 is 0 Å². The highest BCUT2D eigenvalue weighted by molar-refractivity contribution is 9.10. The fraction of sp³-hybridized carbons (Fsp3) is 0.533. The van der Waals surface area contributed by atoms with Crippen LogP contribution in [0, 0.1) is 0 Å². The average Bonchev–Trinajstić information content (AvgIpc) is 2.49. The zero-order valence-corrected chi connectivity index (χ0v) is 15.6. The van der Waals surface area contributed by atoms with E-state index in [1.807, 2.05) is 24.3 Å². The predicted molar refractivity (Wildman–Crippen MR) is 95.9 cm³/mol. The molecule has 1 aliphatic rings. The number of hydrogen-bond acceptors (Lipinski definition) is 3. The maximum absolute atomic E-state index is 12.1. The van der Waals surface area contributed by atoms with Crippen LogP contribution in [0.2, 0.25) is 0 Å². The van der Waals surface area contributed by atoms with Crippen LogP contribution in [0.1, 0.15) is 25.7 Å². The molecule has 0 aliphatic carbocycles. The summed E-state index contributed by atoms with van der Waals surface area (Å²) in [7, 11) is -1.03. The number of carbonyl (C=O) groups excluding carboxylic acids is 1. The summed E-state index contributed by atoms with van der Waals surface area (Å²) in [6.07, 6.45) is 3.10. The van der Waals surface area contributed by atoms with Gasteiger partial charge in [0.15, 0.2) is 0 Å². The first-order valence-electron chi connectivity index (χ1n) is 7.29. The Bertz CT molecular complexity index is 493. The lowest BCUT2D eigenvalue weighted by atomic mass is 10.1. The fourth-order valence-corrected chi connectivity index (χ4v) is 3.68. The molecule has 1 atom stereocenters. The van der Waals surface area contributed by atoms with Crippen LogP contribution in [0.5, 0.6) is 0 Å². The summed E-state index contributed by atoms with van der Waals surface area (Å²) in [6.45, 7) is 1.94. The minimum absolute atomic E-state index is 0. The molecule has 0 aromatic heterocycles. The van der Waals surface area contributed by atoms with E-state index in [4.69, 9.17) is 0 Å². The van der Waals surface area contributed by atoms with Gasteiger partial charge in [0, 0.05) is 27.6 Å². The molecular weight excluding hydrogens is 388 g/mol. The zero-order valence-electron chi connectivity index (χ0n) is 12.3. The SMILES string of the molecule is Cl.O=C(CCCS(=O)c1ccc(Br)cc1)NC1CCNCC1. The number of piperidine rings is 1. The lowest BCUT2D eigenvalue weighted by Crippen LogP contribution is -2.42. The highest BCUT2D eigenvalue weighted by Crippen LogP contribution is 2.14. The van der Waals surface area contributed by atoms with Gasteiger partial charge in [0.2, 0.25) is 5.91 Å². The van der Waals surface area contributed by atoms with E-state index in [0.717, 1.165) is 35.3 Å². The van der Waals surface area contributed by atoms with E-state index < -0.39 is 10.8 Å². The summed E-state index contributed by atoms with van der Waals surface area (Å²) in [6, 6.07) is 7.79. The third-order valence-corrected chi connectivity index (χ3v) is 5.50. The molecule has 0 radical (unpaired) electrons. The molecule has 2 N–H and O–H groups in total. The first-order chi connectivity index (χ1) is 10.1. The molecule has 1 unspecified atom stereocenters. The Kier molecular flexibility index (Phi) is 9.24. The van der Waals surface area contributed by atoms with Crippen molar-refractivity contribution in [1.82, 2.24) is 10.6 Å². The molecule has 1 amide bonds. The number of hydrogen-bond donors (Lipinski definition) is 2. The number of benzene rings is 1. The van der Waals surface area contributed by atoms with Crippen molar-refractivity contribution in [3.05, 3.63) is 28.7 Å². The van der Waals surface area contributed by atoms with Crippen molar-refractivity contribution in [3.8, 4) is 0 Å². The van der Waals surface area contributed by atoms with Crippen LogP contribution < -0.4 is 10.6 Å². The van der Waals surface area contributed by atoms with Gasteiger partial charge in [0.05, 0.1) is 10.8 Å². The Balaban J connectivity index is 0.00000242. The van der Waals surface area contributed by atoms with E-state index in [1.54, 1.807) is 0 Å². The lowest BCUT2D eigenvalue weighted by molar-refractivity contribution is -0.121. The Morgan fingerprint density at radius 1 is 1.27 bits per heavy atom. The van der Waals surface area contributed by atoms with Gasteiger partial charge in [-0.1, -0.05) is 15.9 Å². The van der Waals surface area contributed by atoms with Crippen molar-refractivity contribution in [2.45, 2.75) is 36.6 Å². The fourth-order valence-electron chi connectivity index (χ4n) is 2.33. The third-order valence-electron chi connectivity index (χ3n) is 3.51. The second-order valence-corrected chi connectivity index (χ2v) is 7.69. The van der Waals surface area contributed by atoms with Gasteiger partial charge in [-0.3, -0.25) is 9.00 Å². The zero-order chi connectivity index (χ0) is 15.1. The molecular formula is C15H22BrClN2O2S. The molecule has 1 aromatic rings. The average molecular weight is 410 g/mol. The van der Waals surface area contributed by atoms with Gasteiger partial charge in [-0.15, -0.1) is 12.4 Å². The maximum Gasteiger partial charge on any atom is 0.220 e. The second-order valence-electron chi connectivity index (χ2n) is 5.20. The number of rotatable bonds is 6. The first kappa shape index (κ1) is 19.6. The van der Waals surface area contributed by atoms with Crippen molar-refractivity contribution < 1.29 is 9.00 Å². The molecule has 1 aliphatic heterocycles. The van der Waals surface area contributed by atoms with Crippen LogP contribution in [-0.2, 0) is 15.6 Å². The van der Waals surface area contributed by atoms with Gasteiger partial charge in [0.1, 0.15) is 0 Å². The molecule has 1 aromatic carbocycles. The van der Waals surface area contributed by atoms with Crippen LogP contribution in [-0.4, -0.2) is 35.0 Å². The molecule has 1 saturated heterocycles. The van der Waals surface area contributed by atoms with Crippen molar-refractivity contribution in [2.75, 3.05) is 18.8 Å². The monoisotopic (exact) mass is 408 g/mol. The van der Waals surface area contributed by atoms with Crippen LogP contribution in [0.15, 0.2) is 33.6 Å². The summed E-state index contributed by atoms with van der Waals surface area (Å²) < 4.78 is 13.1. The second kappa shape index (κ2) is 10.4. The predicted octanol–water partition coefficient (Wildman–Crippen LogP) is 2.63. The van der Waals surface area contributed by atoms with Crippen molar-refractivity contribution in [3.63, 3.8) is 0 Å². The van der Waals surface area contributed by atoms with Crippen LogP contribution in [0.25, 0.3) is 0 Å². The van der Waals surface area contributed by atoms with Gasteiger partial charge in [-0.05, 0) is 56.6 Å². The summed E-state index contributed by atoms with van der Waals surface area (Å²) in [5.41, 5.74) is 0. The number of nitrogens with one attached hydrogen (secondary N) is 2. The van der Waals surface area contributed by atoms with Crippen LogP contribution in [0.4, 0.5) is 0 Å². The van der Waals surface area contributed by atoms with Gasteiger partial charge >= 0.3 is 0 Å². The number of halogens is 2. The molecule has 124 valence electrons. The summed E-state index contributed by atoms with van der Waals surface area (Å²) in [4.78, 5) is 12.7. The largest absolute Gasteiger partial charge is 0.353 e. The molecule has 4 nitrogen and oxygen atoms in total. The highest BCUT2D eigenvalue weighted by Gasteiger charge is 2.15. The first-order valence-corrected chi connectivity index (χ1v) is 9.40. The standard InChI is InChI=1S/C15H21BrN2O2S.ClH/c16-12-3-5-14(6-4-12)21(20)11-1-2-15(19)18-13-7-9-17-10-8-13;/h3-6,13,17H,1-2,7-11H2,(H,18,19);1H. The lowest BCUT2D eigenvalue weighted by Gasteiger charge is -2.23. The van der Waals surface area contributed by atoms with E-state index in [9.17, 15) is 9.00 Å². The van der Waals surface area contributed by atoms with Gasteiger partial charge in [-0.2, -0.15) is 0 Å². The van der Waals surface area contributed by atoms with Crippen molar-refractivity contribution in [2.24, 2.45) is 0 Å². The minimum atomic E-state index is -1.03. The number of amides is 1. The van der Waals surface area contributed by atoms with Crippen molar-refractivity contribution >= 4 is 45.0 Å². The van der Waals surface area contributed by atoms with Gasteiger partial charge < -0.3 is 10.6 Å². The summed E-state index contributed by atoms with van der Waals surface area (Å²) >= 11 is 3.36. The van der Waals surface area contributed by atoms with E-state index in [1.165, 1.54) is 0 Å². The summed E-state index contributed by atoms with van der Waals surface area (Å²) in [5, 5.41) is 6.33. The van der Waals surface area contributed by atoms with E-state index in [0.29, 0.717) is 24.6 Å². The molecule has 0 saturated carbocycles. The van der Waals surface area contributed by atoms with Gasteiger partial charge in [-0.25, -0.2) is 0 Å². The van der Waals surface area contributed by atoms with Gasteiger partial charge in [0.25, 0.3) is 0 Å². The normalized spacial score (nSPS) is 16.6. The van der Waals surface area contributed by atoms with Crippen LogP contribution in [0.3, 0.4) is 0 Å². The minimum Gasteiger partial charge on any atom is -0.353 e. The Morgan fingerprint density at radius 3 is 2.55 bits per heavy atom. The Labute approximate surface area is 148 Å².